The summed E-state index contributed by atoms with van der Waals surface area (Å²) >= 11 is 0. The van der Waals surface area contributed by atoms with Crippen molar-refractivity contribution < 1.29 is 9.32 Å². The molecule has 1 saturated heterocycles. The van der Waals surface area contributed by atoms with Gasteiger partial charge in [0.25, 0.3) is 0 Å². The van der Waals surface area contributed by atoms with Crippen molar-refractivity contribution in [3.8, 4) is 11.5 Å². The van der Waals surface area contributed by atoms with Crippen LogP contribution in [-0.2, 0) is 6.54 Å². The van der Waals surface area contributed by atoms with Crippen molar-refractivity contribution in [1.29, 1.82) is 0 Å². The Morgan fingerprint density at radius 2 is 1.94 bits per heavy atom. The second-order valence-corrected chi connectivity index (χ2v) is 7.67. The van der Waals surface area contributed by atoms with Crippen LogP contribution < -0.4 is 5.32 Å². The van der Waals surface area contributed by atoms with Gasteiger partial charge in [0.1, 0.15) is 12.0 Å². The predicted molar refractivity (Wildman–Crippen MR) is 115 cm³/mol. The smallest absolute Gasteiger partial charge is 0.316 e. The first kappa shape index (κ1) is 21.1. The number of carbonyl (C=O) groups excluding carboxylic acids is 1. The number of nitrogens with zero attached hydrogens (tertiary/aromatic N) is 6. The molecular weight excluding hydrogens is 394 g/mol. The quantitative estimate of drug-likeness (QED) is 0.550. The zero-order chi connectivity index (χ0) is 21.5. The van der Waals surface area contributed by atoms with E-state index in [-0.39, 0.29) is 17.6 Å². The van der Waals surface area contributed by atoms with E-state index in [2.05, 4.69) is 66.4 Å². The number of carbonyl (C=O) groups is 1. The van der Waals surface area contributed by atoms with Crippen LogP contribution in [0.4, 0.5) is 0 Å². The lowest BCUT2D eigenvalue weighted by Crippen LogP contribution is -2.46. The Morgan fingerprint density at radius 3 is 2.71 bits per heavy atom. The summed E-state index contributed by atoms with van der Waals surface area (Å²) in [5.74, 6) is -0.148. The van der Waals surface area contributed by atoms with E-state index in [4.69, 9.17) is 4.52 Å². The molecule has 3 heterocycles. The average molecular weight is 422 g/mol. The molecule has 1 fully saturated rings. The van der Waals surface area contributed by atoms with Crippen LogP contribution in [0.5, 0.6) is 0 Å². The van der Waals surface area contributed by atoms with Crippen molar-refractivity contribution in [1.82, 2.24) is 35.2 Å². The number of amides is 1. The van der Waals surface area contributed by atoms with Crippen LogP contribution in [0.1, 0.15) is 28.2 Å². The van der Waals surface area contributed by atoms with Gasteiger partial charge in [0.05, 0.1) is 0 Å². The lowest BCUT2D eigenvalue weighted by atomic mass is 10.1. The Morgan fingerprint density at radius 1 is 1.13 bits per heavy atom. The van der Waals surface area contributed by atoms with E-state index in [1.54, 1.807) is 12.3 Å². The van der Waals surface area contributed by atoms with Gasteiger partial charge >= 0.3 is 11.8 Å². The van der Waals surface area contributed by atoms with Gasteiger partial charge in [-0.25, -0.2) is 9.97 Å². The second-order valence-electron chi connectivity index (χ2n) is 7.67. The maximum Gasteiger partial charge on any atom is 0.316 e. The molecule has 0 aliphatic carbocycles. The van der Waals surface area contributed by atoms with Gasteiger partial charge in [-0.15, -0.1) is 0 Å². The minimum Gasteiger partial charge on any atom is -0.348 e. The van der Waals surface area contributed by atoms with E-state index in [9.17, 15) is 4.79 Å². The number of piperazine rings is 1. The van der Waals surface area contributed by atoms with Gasteiger partial charge in [-0.2, -0.15) is 4.98 Å². The Bertz CT molecular complexity index is 984. The standard InChI is InChI=1S/C22H27N7O2/c1-17-5-2-3-6-18(17)15-29-13-11-28(12-14-29)10-4-8-24-21(30)22-26-20(27-31-22)19-7-9-23-16-25-19/h2-3,5-7,9,16H,4,8,10-15H2,1H3,(H,24,30). The molecule has 3 aromatic rings. The highest BCUT2D eigenvalue weighted by Crippen LogP contribution is 2.13. The van der Waals surface area contributed by atoms with Crippen molar-refractivity contribution in [2.75, 3.05) is 39.3 Å². The Kier molecular flexibility index (Phi) is 6.96. The molecule has 1 aliphatic heterocycles. The molecule has 2 aromatic heterocycles. The first-order valence-corrected chi connectivity index (χ1v) is 10.6. The lowest BCUT2D eigenvalue weighted by Gasteiger charge is -2.35. The monoisotopic (exact) mass is 421 g/mol. The van der Waals surface area contributed by atoms with Gasteiger partial charge in [0.15, 0.2) is 0 Å². The molecule has 0 bridgehead atoms. The van der Waals surface area contributed by atoms with Gasteiger partial charge in [-0.05, 0) is 37.1 Å². The summed E-state index contributed by atoms with van der Waals surface area (Å²) in [6.45, 7) is 8.92. The largest absolute Gasteiger partial charge is 0.348 e. The van der Waals surface area contributed by atoms with Crippen LogP contribution in [0, 0.1) is 6.92 Å². The minimum atomic E-state index is -0.365. The molecule has 1 aliphatic rings. The fraction of sp³-hybridized carbons (Fsp3) is 0.409. The number of aryl methyl sites for hydroxylation is 1. The van der Waals surface area contributed by atoms with Crippen LogP contribution in [-0.4, -0.2) is 75.1 Å². The van der Waals surface area contributed by atoms with Crippen LogP contribution in [0.25, 0.3) is 11.5 Å². The van der Waals surface area contributed by atoms with Crippen LogP contribution >= 0.6 is 0 Å². The SMILES string of the molecule is Cc1ccccc1CN1CCN(CCCNC(=O)c2nc(-c3ccncn3)no2)CC1. The molecule has 0 radical (unpaired) electrons. The summed E-state index contributed by atoms with van der Waals surface area (Å²) in [4.78, 5) is 29.2. The van der Waals surface area contributed by atoms with Crippen molar-refractivity contribution in [2.45, 2.75) is 19.9 Å². The first-order valence-electron chi connectivity index (χ1n) is 10.6. The average Bonchev–Trinajstić information content (AvgIpc) is 3.30. The van der Waals surface area contributed by atoms with Crippen molar-refractivity contribution >= 4 is 5.91 Å². The van der Waals surface area contributed by atoms with E-state index in [1.165, 1.54) is 17.5 Å². The topological polar surface area (TPSA) is 100 Å². The first-order chi connectivity index (χ1) is 15.2. The highest BCUT2D eigenvalue weighted by Gasteiger charge is 2.18. The molecular formula is C22H27N7O2. The van der Waals surface area contributed by atoms with Gasteiger partial charge in [-0.1, -0.05) is 29.4 Å². The predicted octanol–water partition coefficient (Wildman–Crippen LogP) is 1.77. The third-order valence-corrected chi connectivity index (χ3v) is 5.49. The Hall–Kier alpha value is -3.17. The summed E-state index contributed by atoms with van der Waals surface area (Å²) in [7, 11) is 0. The van der Waals surface area contributed by atoms with Crippen molar-refractivity contribution in [3.63, 3.8) is 0 Å². The molecule has 0 spiro atoms. The lowest BCUT2D eigenvalue weighted by molar-refractivity contribution is 0.0904. The van der Waals surface area contributed by atoms with E-state index in [0.29, 0.717) is 12.2 Å². The molecule has 1 N–H and O–H groups in total. The van der Waals surface area contributed by atoms with E-state index in [1.807, 2.05) is 0 Å². The molecule has 1 aromatic carbocycles. The number of benzene rings is 1. The van der Waals surface area contributed by atoms with E-state index in [0.717, 1.165) is 45.7 Å². The number of aromatic nitrogens is 4. The third-order valence-electron chi connectivity index (χ3n) is 5.49. The molecule has 162 valence electrons. The number of hydrogen-bond donors (Lipinski definition) is 1. The molecule has 0 atom stereocenters. The normalized spacial score (nSPS) is 15.1. The van der Waals surface area contributed by atoms with Crippen LogP contribution in [0.15, 0.2) is 47.4 Å². The highest BCUT2D eigenvalue weighted by atomic mass is 16.5. The summed E-state index contributed by atoms with van der Waals surface area (Å²) in [5.41, 5.74) is 3.27. The van der Waals surface area contributed by atoms with Crippen molar-refractivity contribution in [2.24, 2.45) is 0 Å². The fourth-order valence-corrected chi connectivity index (χ4v) is 3.62. The van der Waals surface area contributed by atoms with Crippen LogP contribution in [0.3, 0.4) is 0 Å². The minimum absolute atomic E-state index is 0.0570. The van der Waals surface area contributed by atoms with Crippen molar-refractivity contribution in [3.05, 3.63) is 59.9 Å². The Labute approximate surface area is 181 Å². The van der Waals surface area contributed by atoms with Gasteiger partial charge in [-0.3, -0.25) is 9.69 Å². The maximum atomic E-state index is 12.2. The number of nitrogens with one attached hydrogen (secondary N) is 1. The molecule has 9 nitrogen and oxygen atoms in total. The molecule has 1 amide bonds. The zero-order valence-corrected chi connectivity index (χ0v) is 17.7. The molecule has 0 unspecified atom stereocenters. The molecule has 9 heteroatoms. The van der Waals surface area contributed by atoms with E-state index >= 15 is 0 Å². The number of rotatable bonds is 8. The Balaban J connectivity index is 1.14. The molecule has 4 rings (SSSR count). The zero-order valence-electron chi connectivity index (χ0n) is 17.7. The molecule has 31 heavy (non-hydrogen) atoms. The van der Waals surface area contributed by atoms with Crippen LogP contribution in [0.2, 0.25) is 0 Å². The second kappa shape index (κ2) is 10.2. The van der Waals surface area contributed by atoms with Gasteiger partial charge < -0.3 is 14.7 Å². The fourth-order valence-electron chi connectivity index (χ4n) is 3.62. The summed E-state index contributed by atoms with van der Waals surface area (Å²) in [5, 5.41) is 6.65. The third kappa shape index (κ3) is 5.71. The van der Waals surface area contributed by atoms with Gasteiger partial charge in [0, 0.05) is 45.5 Å². The number of hydrogen-bond acceptors (Lipinski definition) is 8. The summed E-state index contributed by atoms with van der Waals surface area (Å²) in [6, 6.07) is 10.2. The maximum absolute atomic E-state index is 12.2. The summed E-state index contributed by atoms with van der Waals surface area (Å²) < 4.78 is 5.05. The van der Waals surface area contributed by atoms with E-state index < -0.39 is 0 Å². The highest BCUT2D eigenvalue weighted by molar-refractivity contribution is 5.89. The molecule has 0 saturated carbocycles. The van der Waals surface area contributed by atoms with Gasteiger partial charge in [0.2, 0.25) is 5.82 Å². The summed E-state index contributed by atoms with van der Waals surface area (Å²) in [6.07, 6.45) is 3.85.